The molecular weight excluding hydrogens is 258 g/mol. The Labute approximate surface area is 128 Å². The molecule has 2 saturated carbocycles. The van der Waals surface area contributed by atoms with Crippen molar-refractivity contribution in [2.24, 2.45) is 17.8 Å². The van der Waals surface area contributed by atoms with E-state index >= 15 is 0 Å². The molecule has 0 saturated heterocycles. The van der Waals surface area contributed by atoms with Crippen molar-refractivity contribution >= 4 is 5.91 Å². The zero-order valence-electron chi connectivity index (χ0n) is 13.1. The Morgan fingerprint density at radius 3 is 2.71 bits per heavy atom. The van der Waals surface area contributed by atoms with Gasteiger partial charge in [-0.1, -0.05) is 36.8 Å². The number of fused-ring (bicyclic) bond motifs is 2. The van der Waals surface area contributed by atoms with Gasteiger partial charge >= 0.3 is 0 Å². The molecule has 0 radical (unpaired) electrons. The van der Waals surface area contributed by atoms with Crippen LogP contribution in [0.25, 0.3) is 0 Å². The molecule has 0 aromatic heterocycles. The number of amides is 1. The van der Waals surface area contributed by atoms with E-state index < -0.39 is 0 Å². The lowest BCUT2D eigenvalue weighted by atomic mass is 9.86. The molecule has 4 atom stereocenters. The van der Waals surface area contributed by atoms with E-state index in [0.29, 0.717) is 5.92 Å². The molecule has 2 fully saturated rings. The standard InChI is InChI=1S/C19H27NO/c1-14(7-8-15-5-3-2-4-6-15)20-19(21)13-18-12-16-9-10-17(18)11-16/h2-6,14,16-18H,7-13H2,1H3,(H,20,21)/t14-,16+,17+,18+/m1/s1. The maximum absolute atomic E-state index is 12.2. The van der Waals surface area contributed by atoms with Gasteiger partial charge in [-0.25, -0.2) is 0 Å². The summed E-state index contributed by atoms with van der Waals surface area (Å²) in [5.74, 6) is 2.72. The second-order valence-electron chi connectivity index (χ2n) is 7.13. The molecule has 2 bridgehead atoms. The van der Waals surface area contributed by atoms with Crippen molar-refractivity contribution in [1.29, 1.82) is 0 Å². The van der Waals surface area contributed by atoms with Crippen molar-refractivity contribution in [2.75, 3.05) is 0 Å². The summed E-state index contributed by atoms with van der Waals surface area (Å²) < 4.78 is 0. The zero-order valence-corrected chi connectivity index (χ0v) is 13.1. The van der Waals surface area contributed by atoms with Crippen LogP contribution in [-0.2, 0) is 11.2 Å². The van der Waals surface area contributed by atoms with Crippen molar-refractivity contribution in [1.82, 2.24) is 5.32 Å². The van der Waals surface area contributed by atoms with Crippen LogP contribution in [0.1, 0.15) is 51.0 Å². The van der Waals surface area contributed by atoms with E-state index in [9.17, 15) is 4.79 Å². The van der Waals surface area contributed by atoms with Crippen LogP contribution >= 0.6 is 0 Å². The van der Waals surface area contributed by atoms with Crippen molar-refractivity contribution in [2.45, 2.75) is 57.9 Å². The SMILES string of the molecule is C[C@H](CCc1ccccc1)NC(=O)C[C@@H]1C[C@H]2CC[C@H]1C2. The van der Waals surface area contributed by atoms with Gasteiger partial charge in [-0.3, -0.25) is 4.79 Å². The second kappa shape index (κ2) is 6.64. The summed E-state index contributed by atoms with van der Waals surface area (Å²) in [5, 5.41) is 3.20. The van der Waals surface area contributed by atoms with Crippen molar-refractivity contribution < 1.29 is 4.79 Å². The third kappa shape index (κ3) is 3.87. The molecule has 2 aliphatic rings. The van der Waals surface area contributed by atoms with Crippen LogP contribution in [0.3, 0.4) is 0 Å². The molecule has 0 spiro atoms. The van der Waals surface area contributed by atoms with E-state index in [-0.39, 0.29) is 11.9 Å². The molecule has 2 aliphatic carbocycles. The fourth-order valence-electron chi connectivity index (χ4n) is 4.30. The summed E-state index contributed by atoms with van der Waals surface area (Å²) in [5.41, 5.74) is 1.35. The average molecular weight is 285 g/mol. The largest absolute Gasteiger partial charge is 0.354 e. The van der Waals surface area contributed by atoms with Crippen molar-refractivity contribution in [3.8, 4) is 0 Å². The van der Waals surface area contributed by atoms with Gasteiger partial charge in [0.05, 0.1) is 0 Å². The Kier molecular flexibility index (Phi) is 4.62. The van der Waals surface area contributed by atoms with Gasteiger partial charge in [-0.2, -0.15) is 0 Å². The summed E-state index contributed by atoms with van der Waals surface area (Å²) in [6.07, 6.45) is 8.29. The van der Waals surface area contributed by atoms with Crippen LogP contribution in [-0.4, -0.2) is 11.9 Å². The molecule has 21 heavy (non-hydrogen) atoms. The van der Waals surface area contributed by atoms with Gasteiger partial charge in [0, 0.05) is 12.5 Å². The molecule has 1 aromatic carbocycles. The number of rotatable bonds is 6. The summed E-state index contributed by atoms with van der Waals surface area (Å²) >= 11 is 0. The number of carbonyl (C=O) groups is 1. The van der Waals surface area contributed by atoms with E-state index in [4.69, 9.17) is 0 Å². The van der Waals surface area contributed by atoms with Gasteiger partial charge < -0.3 is 5.32 Å². The van der Waals surface area contributed by atoms with Gasteiger partial charge in [0.1, 0.15) is 0 Å². The van der Waals surface area contributed by atoms with Gasteiger partial charge in [0.25, 0.3) is 0 Å². The smallest absolute Gasteiger partial charge is 0.220 e. The summed E-state index contributed by atoms with van der Waals surface area (Å²) in [6.45, 7) is 2.13. The Morgan fingerprint density at radius 2 is 2.05 bits per heavy atom. The Hall–Kier alpha value is -1.31. The highest BCUT2D eigenvalue weighted by molar-refractivity contribution is 5.76. The molecule has 0 heterocycles. The van der Waals surface area contributed by atoms with Crippen LogP contribution in [0, 0.1) is 17.8 Å². The monoisotopic (exact) mass is 285 g/mol. The van der Waals surface area contributed by atoms with Gasteiger partial charge in [-0.05, 0) is 62.3 Å². The summed E-state index contributed by atoms with van der Waals surface area (Å²) in [4.78, 5) is 12.2. The number of aryl methyl sites for hydroxylation is 1. The van der Waals surface area contributed by atoms with E-state index in [1.165, 1.54) is 31.2 Å². The van der Waals surface area contributed by atoms with Crippen LogP contribution in [0.5, 0.6) is 0 Å². The predicted molar refractivity (Wildman–Crippen MR) is 85.9 cm³/mol. The lowest BCUT2D eigenvalue weighted by Crippen LogP contribution is -2.34. The Morgan fingerprint density at radius 1 is 1.24 bits per heavy atom. The fourth-order valence-corrected chi connectivity index (χ4v) is 4.30. The van der Waals surface area contributed by atoms with Crippen LogP contribution in [0.2, 0.25) is 0 Å². The van der Waals surface area contributed by atoms with Crippen LogP contribution in [0.4, 0.5) is 0 Å². The highest BCUT2D eigenvalue weighted by Crippen LogP contribution is 2.49. The molecule has 1 amide bonds. The number of nitrogens with one attached hydrogen (secondary N) is 1. The molecule has 2 heteroatoms. The Bertz CT molecular complexity index is 470. The minimum Gasteiger partial charge on any atom is -0.354 e. The first kappa shape index (κ1) is 14.6. The molecule has 2 nitrogen and oxygen atoms in total. The lowest BCUT2D eigenvalue weighted by molar-refractivity contribution is -0.123. The summed E-state index contributed by atoms with van der Waals surface area (Å²) in [6, 6.07) is 10.8. The lowest BCUT2D eigenvalue weighted by Gasteiger charge is -2.22. The second-order valence-corrected chi connectivity index (χ2v) is 7.13. The quantitative estimate of drug-likeness (QED) is 0.842. The maximum atomic E-state index is 12.2. The van der Waals surface area contributed by atoms with Gasteiger partial charge in [0.2, 0.25) is 5.91 Å². The molecule has 3 rings (SSSR count). The first-order chi connectivity index (χ1) is 10.2. The van der Waals surface area contributed by atoms with Gasteiger partial charge in [-0.15, -0.1) is 0 Å². The fraction of sp³-hybridized carbons (Fsp3) is 0.632. The van der Waals surface area contributed by atoms with E-state index in [0.717, 1.165) is 31.1 Å². The normalized spacial score (nSPS) is 28.5. The summed E-state index contributed by atoms with van der Waals surface area (Å²) in [7, 11) is 0. The van der Waals surface area contributed by atoms with Crippen molar-refractivity contribution in [3.63, 3.8) is 0 Å². The zero-order chi connectivity index (χ0) is 14.7. The van der Waals surface area contributed by atoms with Crippen LogP contribution in [0.15, 0.2) is 30.3 Å². The third-order valence-electron chi connectivity index (χ3n) is 5.45. The molecule has 1 aromatic rings. The van der Waals surface area contributed by atoms with Gasteiger partial charge in [0.15, 0.2) is 0 Å². The molecule has 1 N–H and O–H groups in total. The average Bonchev–Trinajstić information content (AvgIpc) is 3.08. The van der Waals surface area contributed by atoms with Crippen molar-refractivity contribution in [3.05, 3.63) is 35.9 Å². The minimum atomic E-state index is 0.271. The highest BCUT2D eigenvalue weighted by atomic mass is 16.1. The van der Waals surface area contributed by atoms with E-state index in [1.807, 2.05) is 6.07 Å². The maximum Gasteiger partial charge on any atom is 0.220 e. The highest BCUT2D eigenvalue weighted by Gasteiger charge is 2.40. The first-order valence-corrected chi connectivity index (χ1v) is 8.54. The van der Waals surface area contributed by atoms with Crippen LogP contribution < -0.4 is 5.32 Å². The molecule has 114 valence electrons. The number of benzene rings is 1. The topological polar surface area (TPSA) is 29.1 Å². The number of hydrogen-bond donors (Lipinski definition) is 1. The minimum absolute atomic E-state index is 0.271. The number of carbonyl (C=O) groups excluding carboxylic acids is 1. The molecule has 0 unspecified atom stereocenters. The Balaban J connectivity index is 1.38. The molecule has 0 aliphatic heterocycles. The van der Waals surface area contributed by atoms with E-state index in [1.54, 1.807) is 0 Å². The first-order valence-electron chi connectivity index (χ1n) is 8.54. The molecular formula is C19H27NO. The number of hydrogen-bond acceptors (Lipinski definition) is 1. The third-order valence-corrected chi connectivity index (χ3v) is 5.45. The van der Waals surface area contributed by atoms with E-state index in [2.05, 4.69) is 36.5 Å². The predicted octanol–water partition coefficient (Wildman–Crippen LogP) is 3.95.